The lowest BCUT2D eigenvalue weighted by Gasteiger charge is -2.35. The van der Waals surface area contributed by atoms with Gasteiger partial charge in [0.15, 0.2) is 0 Å². The van der Waals surface area contributed by atoms with E-state index >= 15 is 0 Å². The summed E-state index contributed by atoms with van der Waals surface area (Å²) in [4.78, 5) is 27.7. The number of amides is 2. The molecule has 0 saturated carbocycles. The normalized spacial score (nSPS) is 14.7. The number of ether oxygens (including phenoxy) is 1. The third kappa shape index (κ3) is 8.05. The second kappa shape index (κ2) is 13.9. The van der Waals surface area contributed by atoms with Crippen LogP contribution in [0.1, 0.15) is 21.5 Å². The van der Waals surface area contributed by atoms with Gasteiger partial charge < -0.3 is 15.6 Å². The number of hydrogen-bond donors (Lipinski definition) is 3. The maximum Gasteiger partial charge on any atom is 0.424 e. The van der Waals surface area contributed by atoms with Gasteiger partial charge in [0.2, 0.25) is 12.1 Å². The summed E-state index contributed by atoms with van der Waals surface area (Å²) in [5.41, 5.74) is 9.56. The predicted octanol–water partition coefficient (Wildman–Crippen LogP) is 3.47. The number of benzene rings is 3. The molecule has 0 spiro atoms. The van der Waals surface area contributed by atoms with E-state index in [1.165, 1.54) is 5.56 Å². The average molecular weight is 562 g/mol. The quantitative estimate of drug-likeness (QED) is 0.120. The standard InChI is InChI=1S/C30H32ClN5O4/c31-26-12-9-24(10-13-26)23-7-5-22(6-8-23)21-35-17-15-34(16-18-35)19-20-40-28(36(33)30(38)39)14-11-25-3-1-2-4-27(25)29(32)37/h1-10,12-13,28H,15-21,33H2,(H2,32,37)(H,38,39)/t28-/m1/s1. The maximum absolute atomic E-state index is 11.6. The first-order valence-corrected chi connectivity index (χ1v) is 13.3. The fourth-order valence-corrected chi connectivity index (χ4v) is 4.53. The number of rotatable bonds is 9. The van der Waals surface area contributed by atoms with Crippen LogP contribution < -0.4 is 11.6 Å². The van der Waals surface area contributed by atoms with Crippen LogP contribution in [0.4, 0.5) is 4.79 Å². The van der Waals surface area contributed by atoms with Crippen LogP contribution in [0.3, 0.4) is 0 Å². The molecule has 0 bridgehead atoms. The molecule has 1 aliphatic rings. The zero-order chi connectivity index (χ0) is 28.5. The first kappa shape index (κ1) is 29.1. The molecular formula is C30H32ClN5O4. The number of carbonyl (C=O) groups is 2. The van der Waals surface area contributed by atoms with Crippen LogP contribution in [0.5, 0.6) is 0 Å². The Morgan fingerprint density at radius 1 is 0.950 bits per heavy atom. The number of carbonyl (C=O) groups excluding carboxylic acids is 1. The Balaban J connectivity index is 1.25. The van der Waals surface area contributed by atoms with Crippen molar-refractivity contribution in [3.8, 4) is 23.0 Å². The second-order valence-corrected chi connectivity index (χ2v) is 9.85. The van der Waals surface area contributed by atoms with Crippen molar-refractivity contribution in [2.45, 2.75) is 12.8 Å². The third-order valence-electron chi connectivity index (χ3n) is 6.68. The van der Waals surface area contributed by atoms with E-state index in [1.807, 2.05) is 24.3 Å². The van der Waals surface area contributed by atoms with Crippen molar-refractivity contribution in [2.24, 2.45) is 11.6 Å². The van der Waals surface area contributed by atoms with Gasteiger partial charge >= 0.3 is 6.09 Å². The van der Waals surface area contributed by atoms with Crippen molar-refractivity contribution in [2.75, 3.05) is 39.3 Å². The number of hydrogen-bond acceptors (Lipinski definition) is 6. The number of nitrogens with zero attached hydrogens (tertiary/aromatic N) is 3. The Bertz CT molecular complexity index is 1360. The zero-order valence-electron chi connectivity index (χ0n) is 22.0. The lowest BCUT2D eigenvalue weighted by atomic mass is 10.0. The highest BCUT2D eigenvalue weighted by atomic mass is 35.5. The van der Waals surface area contributed by atoms with Crippen molar-refractivity contribution < 1.29 is 19.4 Å². The van der Waals surface area contributed by atoms with Gasteiger partial charge in [-0.25, -0.2) is 15.6 Å². The summed E-state index contributed by atoms with van der Waals surface area (Å²) in [5.74, 6) is 10.5. The van der Waals surface area contributed by atoms with E-state index in [1.54, 1.807) is 24.3 Å². The van der Waals surface area contributed by atoms with Gasteiger partial charge in [-0.2, -0.15) is 0 Å². The van der Waals surface area contributed by atoms with Gasteiger partial charge in [-0.1, -0.05) is 66.1 Å². The summed E-state index contributed by atoms with van der Waals surface area (Å²) in [7, 11) is 0. The van der Waals surface area contributed by atoms with E-state index < -0.39 is 18.2 Å². The van der Waals surface area contributed by atoms with E-state index in [9.17, 15) is 14.7 Å². The molecule has 9 nitrogen and oxygen atoms in total. The van der Waals surface area contributed by atoms with Crippen molar-refractivity contribution in [1.29, 1.82) is 0 Å². The smallest absolute Gasteiger partial charge is 0.424 e. The minimum absolute atomic E-state index is 0.239. The molecule has 4 rings (SSSR count). The number of carboxylic acid groups (broad SMARTS) is 1. The van der Waals surface area contributed by atoms with E-state index in [2.05, 4.69) is 45.9 Å². The van der Waals surface area contributed by atoms with Crippen LogP contribution in [-0.4, -0.2) is 77.5 Å². The highest BCUT2D eigenvalue weighted by Crippen LogP contribution is 2.22. The molecule has 0 unspecified atom stereocenters. The highest BCUT2D eigenvalue weighted by Gasteiger charge is 2.21. The highest BCUT2D eigenvalue weighted by molar-refractivity contribution is 6.30. The van der Waals surface area contributed by atoms with Crippen molar-refractivity contribution in [1.82, 2.24) is 14.8 Å². The van der Waals surface area contributed by atoms with Gasteiger partial charge in [-0.15, -0.1) is 0 Å². The molecule has 1 aliphatic heterocycles. The summed E-state index contributed by atoms with van der Waals surface area (Å²) in [6, 6.07) is 23.0. The minimum Gasteiger partial charge on any atom is -0.464 e. The van der Waals surface area contributed by atoms with Gasteiger partial charge in [0.05, 0.1) is 12.2 Å². The molecule has 1 heterocycles. The molecule has 1 atom stereocenters. The van der Waals surface area contributed by atoms with E-state index in [4.69, 9.17) is 27.9 Å². The monoisotopic (exact) mass is 561 g/mol. The number of hydrazine groups is 1. The molecule has 1 fully saturated rings. The Morgan fingerprint density at radius 3 is 2.17 bits per heavy atom. The van der Waals surface area contributed by atoms with Gasteiger partial charge in [0.1, 0.15) is 0 Å². The molecule has 208 valence electrons. The molecule has 5 N–H and O–H groups in total. The fraction of sp³-hybridized carbons (Fsp3) is 0.267. The van der Waals surface area contributed by atoms with Crippen LogP contribution in [0.15, 0.2) is 72.8 Å². The molecule has 0 aliphatic carbocycles. The molecular weight excluding hydrogens is 530 g/mol. The fourth-order valence-electron chi connectivity index (χ4n) is 4.41. The van der Waals surface area contributed by atoms with Gasteiger partial charge in [-0.05, 0) is 46.9 Å². The predicted molar refractivity (Wildman–Crippen MR) is 154 cm³/mol. The topological polar surface area (TPSA) is 125 Å². The number of piperazine rings is 1. The molecule has 3 aromatic carbocycles. The third-order valence-corrected chi connectivity index (χ3v) is 6.93. The first-order chi connectivity index (χ1) is 19.3. The van der Waals surface area contributed by atoms with Gasteiger partial charge in [-0.3, -0.25) is 14.6 Å². The molecule has 0 radical (unpaired) electrons. The van der Waals surface area contributed by atoms with Crippen LogP contribution in [0.2, 0.25) is 5.02 Å². The van der Waals surface area contributed by atoms with E-state index in [0.29, 0.717) is 17.1 Å². The second-order valence-electron chi connectivity index (χ2n) is 9.41. The molecule has 10 heteroatoms. The van der Waals surface area contributed by atoms with Crippen molar-refractivity contribution in [3.63, 3.8) is 0 Å². The molecule has 1 saturated heterocycles. The zero-order valence-corrected chi connectivity index (χ0v) is 22.8. The maximum atomic E-state index is 11.6. The van der Waals surface area contributed by atoms with Gasteiger partial charge in [0, 0.05) is 49.9 Å². The summed E-state index contributed by atoms with van der Waals surface area (Å²) in [5, 5.41) is 10.6. The van der Waals surface area contributed by atoms with Crippen LogP contribution >= 0.6 is 11.6 Å². The summed E-state index contributed by atoms with van der Waals surface area (Å²) in [6.07, 6.45) is -2.58. The number of nitrogens with two attached hydrogens (primary N) is 2. The molecule has 2 amide bonds. The largest absolute Gasteiger partial charge is 0.464 e. The number of halogens is 1. The lowest BCUT2D eigenvalue weighted by Crippen LogP contribution is -2.48. The van der Waals surface area contributed by atoms with Crippen LogP contribution in [0.25, 0.3) is 11.1 Å². The lowest BCUT2D eigenvalue weighted by molar-refractivity contribution is -0.0237. The Kier molecular flexibility index (Phi) is 10.1. The van der Waals surface area contributed by atoms with Crippen LogP contribution in [0, 0.1) is 11.8 Å². The number of primary amides is 1. The van der Waals surface area contributed by atoms with Gasteiger partial charge in [0.25, 0.3) is 0 Å². The average Bonchev–Trinajstić information content (AvgIpc) is 2.96. The summed E-state index contributed by atoms with van der Waals surface area (Å²) >= 11 is 5.99. The SMILES string of the molecule is NC(=O)c1ccccc1C#C[C@@H](OCCN1CCN(Cc2ccc(-c3ccc(Cl)cc3)cc2)CC1)N(N)C(=O)O. The van der Waals surface area contributed by atoms with E-state index in [-0.39, 0.29) is 12.2 Å². The first-order valence-electron chi connectivity index (χ1n) is 12.9. The Hall–Kier alpha value is -3.91. The van der Waals surface area contributed by atoms with Crippen LogP contribution in [-0.2, 0) is 11.3 Å². The summed E-state index contributed by atoms with van der Waals surface area (Å²) in [6.45, 7) is 5.25. The Labute approximate surface area is 238 Å². The van der Waals surface area contributed by atoms with Crippen molar-refractivity contribution in [3.05, 3.63) is 94.5 Å². The minimum atomic E-state index is -1.38. The van der Waals surface area contributed by atoms with Crippen molar-refractivity contribution >= 4 is 23.6 Å². The molecule has 0 aromatic heterocycles. The molecule has 40 heavy (non-hydrogen) atoms. The summed E-state index contributed by atoms with van der Waals surface area (Å²) < 4.78 is 5.73. The molecule has 3 aromatic rings. The Morgan fingerprint density at radius 2 is 1.55 bits per heavy atom. The van der Waals surface area contributed by atoms with E-state index in [0.717, 1.165) is 48.9 Å².